The van der Waals surface area contributed by atoms with Crippen LogP contribution in [-0.2, 0) is 19.6 Å². The van der Waals surface area contributed by atoms with Crippen molar-refractivity contribution in [2.24, 2.45) is 11.3 Å². The maximum absolute atomic E-state index is 14.2. The minimum absolute atomic E-state index is 0.0448. The molecule has 1 unspecified atom stereocenters. The number of allylic oxidation sites excluding steroid dienone is 1. The van der Waals surface area contributed by atoms with Gasteiger partial charge in [0.1, 0.15) is 28.9 Å². The highest BCUT2D eigenvalue weighted by Crippen LogP contribution is 2.44. The third-order valence-corrected chi connectivity index (χ3v) is 21.6. The SMILES string of the molecule is CC1(C)CCC(CN2CCN(c3ccc(C(=O)NS(=O)(=O)c4ccc(NCC5CCN(C6CCN(CCCCCCCCNc7cccc8c7C(=O)N(C7CCC(=O)NC7=O)C8=O)CC6)CC5)c([N+](=O)[O-])c4)c(Oc4cnc5[nH]ccc5c4)c3)CC2)=C(c2ccc(Cl)cc2)C1. The number of unbranched alkanes of at least 4 members (excludes halogenated alkanes) is 5. The zero-order valence-corrected chi connectivity index (χ0v) is 55.7. The summed E-state index contributed by atoms with van der Waals surface area (Å²) >= 11 is 6.28. The van der Waals surface area contributed by atoms with E-state index in [9.17, 15) is 42.5 Å². The predicted octanol–water partition coefficient (Wildman–Crippen LogP) is 11.3. The van der Waals surface area contributed by atoms with Crippen molar-refractivity contribution in [3.8, 4) is 11.5 Å². The van der Waals surface area contributed by atoms with E-state index in [-0.39, 0.29) is 52.3 Å². The van der Waals surface area contributed by atoms with Crippen molar-refractivity contribution in [1.29, 1.82) is 0 Å². The molecule has 502 valence electrons. The van der Waals surface area contributed by atoms with Crippen molar-refractivity contribution in [2.75, 3.05) is 94.1 Å². The van der Waals surface area contributed by atoms with Crippen molar-refractivity contribution in [3.05, 3.63) is 146 Å². The lowest BCUT2D eigenvalue weighted by Crippen LogP contribution is -2.54. The van der Waals surface area contributed by atoms with E-state index in [0.29, 0.717) is 49.3 Å². The van der Waals surface area contributed by atoms with Crippen molar-refractivity contribution in [2.45, 2.75) is 127 Å². The van der Waals surface area contributed by atoms with E-state index in [0.717, 1.165) is 163 Å². The van der Waals surface area contributed by atoms with Crippen molar-refractivity contribution >= 4 is 90.5 Å². The number of piperazine rings is 1. The summed E-state index contributed by atoms with van der Waals surface area (Å²) in [4.78, 5) is 94.9. The lowest BCUT2D eigenvalue weighted by molar-refractivity contribution is -0.384. The van der Waals surface area contributed by atoms with Crippen LogP contribution in [0.3, 0.4) is 0 Å². The van der Waals surface area contributed by atoms with Crippen LogP contribution in [0, 0.1) is 21.4 Å². The highest BCUT2D eigenvalue weighted by Gasteiger charge is 2.46. The van der Waals surface area contributed by atoms with Gasteiger partial charge in [-0.2, -0.15) is 0 Å². The largest absolute Gasteiger partial charge is 0.455 e. The molecular weight excluding hydrogens is 1250 g/mol. The Bertz CT molecular complexity index is 4000. The lowest BCUT2D eigenvalue weighted by atomic mass is 9.72. The first-order valence-electron chi connectivity index (χ1n) is 33.7. The summed E-state index contributed by atoms with van der Waals surface area (Å²) in [6.07, 6.45) is 17.2. The molecule has 6 aliphatic rings. The van der Waals surface area contributed by atoms with Crippen LogP contribution < -0.4 is 30.3 Å². The van der Waals surface area contributed by atoms with Crippen LogP contribution in [0.15, 0.2) is 114 Å². The molecule has 0 bridgehead atoms. The molecule has 2 aromatic heterocycles. The zero-order chi connectivity index (χ0) is 66.4. The fraction of sp³-hybridized carbons (Fsp3) is 0.465. The molecule has 4 fully saturated rings. The number of imide groups is 2. The molecule has 1 atom stereocenters. The van der Waals surface area contributed by atoms with Crippen LogP contribution >= 0.6 is 11.6 Å². The van der Waals surface area contributed by atoms with Gasteiger partial charge in [0, 0.05) is 98.4 Å². The number of fused-ring (bicyclic) bond motifs is 2. The average molecular weight is 1330 g/mol. The highest BCUT2D eigenvalue weighted by atomic mass is 35.5. The van der Waals surface area contributed by atoms with Gasteiger partial charge in [0.15, 0.2) is 0 Å². The summed E-state index contributed by atoms with van der Waals surface area (Å²) in [5.41, 5.74) is 6.63. The van der Waals surface area contributed by atoms with Crippen LogP contribution in [0.25, 0.3) is 16.6 Å². The number of halogens is 1. The molecule has 6 aromatic rings. The Morgan fingerprint density at radius 2 is 1.55 bits per heavy atom. The Kier molecular flexibility index (Phi) is 20.7. The van der Waals surface area contributed by atoms with Crippen molar-refractivity contribution < 1.29 is 42.1 Å². The molecule has 7 heterocycles. The molecule has 12 rings (SSSR count). The Morgan fingerprint density at radius 1 is 0.789 bits per heavy atom. The number of pyridine rings is 1. The number of aromatic nitrogens is 2. The molecule has 0 radical (unpaired) electrons. The number of nitro groups is 1. The van der Waals surface area contributed by atoms with Crippen LogP contribution in [0.4, 0.5) is 22.7 Å². The van der Waals surface area contributed by atoms with Crippen LogP contribution in [0.1, 0.15) is 147 Å². The standard InChI is InChI=1S/C71H85ClN12O10S/c1-71(2)28-22-50(58(43-71)48-12-14-51(72)15-13-48)46-80-36-38-82(39-37-80)53-16-18-56(63(41-53)94-54-40-49-23-30-74-66(49)76-45-54)67(86)78-95(92,93)55-17-19-59(62(42-55)84(90)91)75-44-47-24-34-81(35-25-47)52-26-32-79(33-27-52)31-8-6-4-3-5-7-29-73-60-11-9-10-57-65(60)70(89)83(69(57)88)61-20-21-64(85)77-68(61)87/h9-19,23,30,40-42,45,47,52,61,73,75H,3-8,20-22,24-29,31-39,43-44,46H2,1-2H3,(H,74,76)(H,78,86)(H,77,85,87). The molecule has 0 saturated carbocycles. The lowest BCUT2D eigenvalue weighted by Gasteiger charge is -2.42. The maximum atomic E-state index is 14.2. The summed E-state index contributed by atoms with van der Waals surface area (Å²) in [6.45, 7) is 14.8. The number of hydrogen-bond donors (Lipinski definition) is 5. The second-order valence-corrected chi connectivity index (χ2v) is 29.2. The third-order valence-electron chi connectivity index (χ3n) is 20.0. The zero-order valence-electron chi connectivity index (χ0n) is 54.1. The number of nitro benzene ring substituents is 1. The van der Waals surface area contributed by atoms with Gasteiger partial charge in [-0.05, 0) is 180 Å². The first-order chi connectivity index (χ1) is 45.8. The molecule has 5 aliphatic heterocycles. The normalized spacial score (nSPS) is 19.5. The number of anilines is 3. The minimum atomic E-state index is -4.62. The Morgan fingerprint density at radius 3 is 2.31 bits per heavy atom. The summed E-state index contributed by atoms with van der Waals surface area (Å²) in [7, 11) is -4.62. The number of benzene rings is 4. The second-order valence-electron chi connectivity index (χ2n) is 27.1. The van der Waals surface area contributed by atoms with Crippen LogP contribution in [0.5, 0.6) is 11.5 Å². The molecule has 5 amide bonds. The van der Waals surface area contributed by atoms with E-state index in [1.165, 1.54) is 35.0 Å². The minimum Gasteiger partial charge on any atom is -0.455 e. The summed E-state index contributed by atoms with van der Waals surface area (Å²) in [5, 5.41) is 22.9. The van der Waals surface area contributed by atoms with Gasteiger partial charge in [-0.15, -0.1) is 0 Å². The van der Waals surface area contributed by atoms with Gasteiger partial charge in [-0.1, -0.05) is 74.9 Å². The topological polar surface area (TPSA) is 265 Å². The van der Waals surface area contributed by atoms with E-state index in [1.54, 1.807) is 48.7 Å². The number of piperidine rings is 3. The van der Waals surface area contributed by atoms with E-state index in [1.807, 2.05) is 18.2 Å². The monoisotopic (exact) mass is 1330 g/mol. The van der Waals surface area contributed by atoms with Gasteiger partial charge in [-0.3, -0.25) is 49.2 Å². The fourth-order valence-corrected chi connectivity index (χ4v) is 15.6. The summed E-state index contributed by atoms with van der Waals surface area (Å²) < 4.78 is 36.6. The van der Waals surface area contributed by atoms with Gasteiger partial charge in [0.05, 0.1) is 32.7 Å². The molecule has 4 aromatic carbocycles. The first kappa shape index (κ1) is 66.8. The van der Waals surface area contributed by atoms with Gasteiger partial charge < -0.3 is 35.1 Å². The maximum Gasteiger partial charge on any atom is 0.293 e. The number of hydrogen-bond acceptors (Lipinski definition) is 17. The molecule has 95 heavy (non-hydrogen) atoms. The number of carbonyl (C=O) groups is 5. The van der Waals surface area contributed by atoms with Gasteiger partial charge in [-0.25, -0.2) is 18.1 Å². The number of amides is 5. The molecular formula is C71H85ClN12O10S. The molecule has 5 N–H and O–H groups in total. The number of carbonyl (C=O) groups excluding carboxylic acids is 5. The van der Waals surface area contributed by atoms with E-state index in [2.05, 4.69) is 76.2 Å². The number of ether oxygens (including phenoxy) is 1. The number of nitrogens with one attached hydrogen (secondary N) is 5. The number of likely N-dealkylation sites (tertiary alicyclic amines) is 2. The van der Waals surface area contributed by atoms with Crippen molar-refractivity contribution in [1.82, 2.24) is 39.6 Å². The van der Waals surface area contributed by atoms with Gasteiger partial charge in [0.2, 0.25) is 11.8 Å². The molecule has 22 nitrogen and oxygen atoms in total. The van der Waals surface area contributed by atoms with Crippen LogP contribution in [-0.4, -0.2) is 163 Å². The molecule has 4 saturated heterocycles. The molecule has 0 spiro atoms. The number of rotatable bonds is 25. The fourth-order valence-electron chi connectivity index (χ4n) is 14.5. The van der Waals surface area contributed by atoms with Crippen molar-refractivity contribution in [3.63, 3.8) is 0 Å². The smallest absolute Gasteiger partial charge is 0.293 e. The van der Waals surface area contributed by atoms with Crippen LogP contribution in [0.2, 0.25) is 5.02 Å². The number of H-pyrrole nitrogens is 1. The quantitative estimate of drug-likeness (QED) is 0.0154. The second kappa shape index (κ2) is 29.4. The molecule has 1 aliphatic carbocycles. The van der Waals surface area contributed by atoms with E-state index in [4.69, 9.17) is 16.3 Å². The van der Waals surface area contributed by atoms with Gasteiger partial charge in [0.25, 0.3) is 33.4 Å². The first-order valence-corrected chi connectivity index (χ1v) is 35.5. The number of nitrogens with zero attached hydrogens (tertiary/aromatic N) is 7. The predicted molar refractivity (Wildman–Crippen MR) is 367 cm³/mol. The average Bonchev–Trinajstić information content (AvgIpc) is 1.63. The Balaban J connectivity index is 0.577. The van der Waals surface area contributed by atoms with Gasteiger partial charge >= 0.3 is 0 Å². The molecule has 24 heteroatoms. The Labute approximate surface area is 559 Å². The van der Waals surface area contributed by atoms with E-state index < -0.39 is 61.1 Å². The van der Waals surface area contributed by atoms with E-state index >= 15 is 0 Å². The number of sulfonamides is 1. The summed E-state index contributed by atoms with van der Waals surface area (Å²) in [6, 6.07) is 25.2. The summed E-state index contributed by atoms with van der Waals surface area (Å²) in [5.74, 6) is -2.27. The number of aromatic amines is 1. The third kappa shape index (κ3) is 15.9. The highest BCUT2D eigenvalue weighted by molar-refractivity contribution is 7.90. The Hall–Kier alpha value is -8.22.